The Hall–Kier alpha value is -4.54. The molecule has 0 aliphatic carbocycles. The van der Waals surface area contributed by atoms with E-state index in [1.165, 1.54) is 16.8 Å². The highest BCUT2D eigenvalue weighted by Crippen LogP contribution is 2.32. The van der Waals surface area contributed by atoms with Crippen LogP contribution >= 0.6 is 23.2 Å². The van der Waals surface area contributed by atoms with Crippen LogP contribution in [-0.2, 0) is 6.54 Å². The van der Waals surface area contributed by atoms with E-state index in [1.807, 2.05) is 36.4 Å². The molecule has 3 aromatic heterocycles. The Morgan fingerprint density at radius 3 is 2.45 bits per heavy atom. The SMILES string of the molecule is O=C(NCCn1ccnn1)c1cc(NC(=O)c2cc(-c3ccccn3)c(Cl)cc2Cl)n(-c2ccccc2)n1. The molecule has 10 nitrogen and oxygen atoms in total. The van der Waals surface area contributed by atoms with Crippen molar-refractivity contribution in [2.24, 2.45) is 0 Å². The van der Waals surface area contributed by atoms with Crippen molar-refractivity contribution in [1.29, 1.82) is 0 Å². The number of nitrogens with one attached hydrogen (secondary N) is 2. The van der Waals surface area contributed by atoms with E-state index in [1.54, 1.807) is 41.5 Å². The molecule has 3 heterocycles. The Kier molecular flexibility index (Phi) is 7.43. The summed E-state index contributed by atoms with van der Waals surface area (Å²) in [6.07, 6.45) is 4.90. The first-order chi connectivity index (χ1) is 18.5. The molecule has 12 heteroatoms. The fraction of sp³-hybridized carbons (Fsp3) is 0.0769. The average molecular weight is 547 g/mol. The minimum atomic E-state index is -0.501. The van der Waals surface area contributed by atoms with Crippen molar-refractivity contribution in [3.8, 4) is 16.9 Å². The van der Waals surface area contributed by atoms with Gasteiger partial charge in [0, 0.05) is 30.6 Å². The zero-order valence-corrected chi connectivity index (χ0v) is 21.3. The molecule has 0 bridgehead atoms. The summed E-state index contributed by atoms with van der Waals surface area (Å²) in [5, 5.41) is 18.2. The highest BCUT2D eigenvalue weighted by Gasteiger charge is 2.20. The van der Waals surface area contributed by atoms with Gasteiger partial charge in [-0.25, -0.2) is 4.68 Å². The summed E-state index contributed by atoms with van der Waals surface area (Å²) in [6, 6.07) is 19.1. The monoisotopic (exact) mass is 546 g/mol. The number of nitrogens with zero attached hydrogens (tertiary/aromatic N) is 6. The van der Waals surface area contributed by atoms with Gasteiger partial charge >= 0.3 is 0 Å². The van der Waals surface area contributed by atoms with Gasteiger partial charge < -0.3 is 10.6 Å². The summed E-state index contributed by atoms with van der Waals surface area (Å²) in [6.45, 7) is 0.765. The number of aromatic nitrogens is 6. The standard InChI is InChI=1S/C26H20Cl2N8O2/c27-20-15-21(28)19(14-18(20)22-8-4-5-9-29-22)25(37)32-24-16-23(33-36(24)17-6-2-1-3-7-17)26(38)30-10-12-35-13-11-31-34-35/h1-9,11,13-16H,10,12H2,(H,30,38)(H,32,37). The Morgan fingerprint density at radius 1 is 0.895 bits per heavy atom. The number of carbonyl (C=O) groups is 2. The van der Waals surface area contributed by atoms with Gasteiger partial charge in [-0.1, -0.05) is 52.7 Å². The summed E-state index contributed by atoms with van der Waals surface area (Å²) in [5.41, 5.74) is 2.13. The van der Waals surface area contributed by atoms with Gasteiger partial charge in [-0.3, -0.25) is 19.3 Å². The number of hydrogen-bond donors (Lipinski definition) is 2. The van der Waals surface area contributed by atoms with Crippen LogP contribution in [0.25, 0.3) is 16.9 Å². The van der Waals surface area contributed by atoms with Crippen LogP contribution in [0.15, 0.2) is 85.3 Å². The van der Waals surface area contributed by atoms with Crippen molar-refractivity contribution in [3.05, 3.63) is 107 Å². The molecule has 0 aliphatic heterocycles. The van der Waals surface area contributed by atoms with Gasteiger partial charge in [-0.05, 0) is 36.4 Å². The second-order valence-electron chi connectivity index (χ2n) is 8.07. The maximum Gasteiger partial charge on any atom is 0.271 e. The molecule has 0 atom stereocenters. The average Bonchev–Trinajstić information content (AvgIpc) is 3.60. The van der Waals surface area contributed by atoms with Crippen LogP contribution in [0, 0.1) is 0 Å². The number of benzene rings is 2. The predicted molar refractivity (Wildman–Crippen MR) is 144 cm³/mol. The smallest absolute Gasteiger partial charge is 0.271 e. The van der Waals surface area contributed by atoms with Gasteiger partial charge in [-0.2, -0.15) is 5.10 Å². The number of amides is 2. The number of rotatable bonds is 8. The Bertz CT molecular complexity index is 1570. The van der Waals surface area contributed by atoms with Crippen LogP contribution in [-0.4, -0.2) is 48.1 Å². The molecule has 0 saturated carbocycles. The minimum Gasteiger partial charge on any atom is -0.349 e. The van der Waals surface area contributed by atoms with Crippen LogP contribution < -0.4 is 10.6 Å². The normalized spacial score (nSPS) is 10.8. The first kappa shape index (κ1) is 25.1. The van der Waals surface area contributed by atoms with E-state index in [0.29, 0.717) is 35.1 Å². The second-order valence-corrected chi connectivity index (χ2v) is 8.88. The Balaban J connectivity index is 1.42. The van der Waals surface area contributed by atoms with E-state index in [9.17, 15) is 9.59 Å². The first-order valence-electron chi connectivity index (χ1n) is 11.5. The predicted octanol–water partition coefficient (Wildman–Crippen LogP) is 4.51. The van der Waals surface area contributed by atoms with Crippen LogP contribution in [0.4, 0.5) is 5.82 Å². The lowest BCUT2D eigenvalue weighted by molar-refractivity contribution is 0.0945. The van der Waals surface area contributed by atoms with Gasteiger partial charge in [-0.15, -0.1) is 5.10 Å². The molecule has 0 aliphatic rings. The molecule has 38 heavy (non-hydrogen) atoms. The zero-order valence-electron chi connectivity index (χ0n) is 19.8. The van der Waals surface area contributed by atoms with E-state index >= 15 is 0 Å². The molecule has 0 spiro atoms. The molecule has 5 aromatic rings. The summed E-state index contributed by atoms with van der Waals surface area (Å²) >= 11 is 12.8. The van der Waals surface area contributed by atoms with Gasteiger partial charge in [0.2, 0.25) is 0 Å². The zero-order chi connectivity index (χ0) is 26.5. The molecule has 2 amide bonds. The van der Waals surface area contributed by atoms with E-state index in [-0.39, 0.29) is 22.1 Å². The lowest BCUT2D eigenvalue weighted by Crippen LogP contribution is -2.27. The van der Waals surface area contributed by atoms with Gasteiger partial charge in [0.25, 0.3) is 11.8 Å². The lowest BCUT2D eigenvalue weighted by atomic mass is 10.1. The highest BCUT2D eigenvalue weighted by molar-refractivity contribution is 6.38. The third kappa shape index (κ3) is 5.56. The number of pyridine rings is 1. The third-order valence-electron chi connectivity index (χ3n) is 5.52. The van der Waals surface area contributed by atoms with E-state index in [4.69, 9.17) is 23.2 Å². The van der Waals surface area contributed by atoms with Crippen molar-refractivity contribution >= 4 is 40.8 Å². The van der Waals surface area contributed by atoms with Crippen molar-refractivity contribution in [3.63, 3.8) is 0 Å². The summed E-state index contributed by atoms with van der Waals surface area (Å²) < 4.78 is 3.08. The molecule has 5 rings (SSSR count). The molecule has 190 valence electrons. The number of halogens is 2. The van der Waals surface area contributed by atoms with Gasteiger partial charge in [0.05, 0.1) is 39.7 Å². The molecule has 0 saturated heterocycles. The maximum absolute atomic E-state index is 13.4. The van der Waals surface area contributed by atoms with Crippen LogP contribution in [0.3, 0.4) is 0 Å². The van der Waals surface area contributed by atoms with Crippen LogP contribution in [0.2, 0.25) is 10.0 Å². The van der Waals surface area contributed by atoms with Crippen molar-refractivity contribution in [2.45, 2.75) is 6.54 Å². The minimum absolute atomic E-state index is 0.124. The number of para-hydroxylation sites is 1. The quantitative estimate of drug-likeness (QED) is 0.295. The fourth-order valence-corrected chi connectivity index (χ4v) is 4.26. The fourth-order valence-electron chi connectivity index (χ4n) is 3.70. The maximum atomic E-state index is 13.4. The molecule has 2 aromatic carbocycles. The summed E-state index contributed by atoms with van der Waals surface area (Å²) in [7, 11) is 0. The summed E-state index contributed by atoms with van der Waals surface area (Å²) in [4.78, 5) is 30.5. The van der Waals surface area contributed by atoms with E-state index in [2.05, 4.69) is 31.0 Å². The van der Waals surface area contributed by atoms with Gasteiger partial charge in [0.15, 0.2) is 5.69 Å². The highest BCUT2D eigenvalue weighted by atomic mass is 35.5. The Morgan fingerprint density at radius 2 is 1.71 bits per heavy atom. The third-order valence-corrected chi connectivity index (χ3v) is 6.15. The van der Waals surface area contributed by atoms with Crippen molar-refractivity contribution in [2.75, 3.05) is 11.9 Å². The molecule has 2 N–H and O–H groups in total. The molecular formula is C26H20Cl2N8O2. The second kappa shape index (κ2) is 11.2. The summed E-state index contributed by atoms with van der Waals surface area (Å²) in [5.74, 6) is -0.621. The van der Waals surface area contributed by atoms with Crippen LogP contribution in [0.5, 0.6) is 0 Å². The molecular weight excluding hydrogens is 527 g/mol. The number of hydrogen-bond acceptors (Lipinski definition) is 6. The van der Waals surface area contributed by atoms with Crippen LogP contribution in [0.1, 0.15) is 20.8 Å². The largest absolute Gasteiger partial charge is 0.349 e. The van der Waals surface area contributed by atoms with Crippen molar-refractivity contribution < 1.29 is 9.59 Å². The molecule has 0 fully saturated rings. The van der Waals surface area contributed by atoms with Gasteiger partial charge in [0.1, 0.15) is 5.82 Å². The molecule has 0 radical (unpaired) electrons. The number of carbonyl (C=O) groups excluding carboxylic acids is 2. The Labute approximate surface area is 227 Å². The first-order valence-corrected chi connectivity index (χ1v) is 12.2. The van der Waals surface area contributed by atoms with Crippen molar-refractivity contribution in [1.82, 2.24) is 35.1 Å². The lowest BCUT2D eigenvalue weighted by Gasteiger charge is -2.12. The van der Waals surface area contributed by atoms with E-state index in [0.717, 1.165) is 0 Å². The topological polar surface area (TPSA) is 120 Å². The molecule has 0 unspecified atom stereocenters. The number of anilines is 1. The van der Waals surface area contributed by atoms with E-state index < -0.39 is 11.8 Å².